The zero-order chi connectivity index (χ0) is 13.6. The molecule has 2 aromatic carbocycles. The maximum absolute atomic E-state index is 5.71. The average Bonchev–Trinajstić information content (AvgIpc) is 3.02. The molecule has 1 aliphatic rings. The zero-order valence-electron chi connectivity index (χ0n) is 11.2. The van der Waals surface area contributed by atoms with E-state index in [4.69, 9.17) is 9.47 Å². The van der Waals surface area contributed by atoms with E-state index >= 15 is 0 Å². The van der Waals surface area contributed by atoms with Crippen LogP contribution in [0.3, 0.4) is 0 Å². The van der Waals surface area contributed by atoms with Crippen molar-refractivity contribution in [2.45, 2.75) is 19.6 Å². The van der Waals surface area contributed by atoms with Gasteiger partial charge in [-0.3, -0.25) is 0 Å². The lowest BCUT2D eigenvalue weighted by Gasteiger charge is -2.28. The lowest BCUT2D eigenvalue weighted by Crippen LogP contribution is -2.28. The van der Waals surface area contributed by atoms with Gasteiger partial charge in [0.2, 0.25) is 0 Å². The van der Waals surface area contributed by atoms with Crippen LogP contribution in [0, 0.1) is 0 Å². The Morgan fingerprint density at radius 1 is 0.632 bits per heavy atom. The van der Waals surface area contributed by atoms with E-state index in [-0.39, 0.29) is 0 Å². The SMILES string of the molecule is C1=COC(c2ccccc2)(c2ccccc2)O1.CC. The number of ether oxygens (including phenoxy) is 2. The summed E-state index contributed by atoms with van der Waals surface area (Å²) >= 11 is 0. The molecule has 0 amide bonds. The van der Waals surface area contributed by atoms with Crippen molar-refractivity contribution in [3.63, 3.8) is 0 Å². The van der Waals surface area contributed by atoms with Crippen LogP contribution in [0.15, 0.2) is 73.2 Å². The summed E-state index contributed by atoms with van der Waals surface area (Å²) in [4.78, 5) is 0. The molecular formula is C17H18O2. The van der Waals surface area contributed by atoms with Crippen molar-refractivity contribution in [1.82, 2.24) is 0 Å². The average molecular weight is 254 g/mol. The molecule has 0 unspecified atom stereocenters. The second kappa shape index (κ2) is 6.10. The molecule has 0 spiro atoms. The van der Waals surface area contributed by atoms with Gasteiger partial charge < -0.3 is 9.47 Å². The van der Waals surface area contributed by atoms with E-state index in [0.29, 0.717) is 0 Å². The molecule has 1 aliphatic heterocycles. The first-order valence-electron chi connectivity index (χ1n) is 6.53. The van der Waals surface area contributed by atoms with E-state index in [0.717, 1.165) is 11.1 Å². The Morgan fingerprint density at radius 2 is 1.00 bits per heavy atom. The molecule has 19 heavy (non-hydrogen) atoms. The van der Waals surface area contributed by atoms with E-state index in [9.17, 15) is 0 Å². The largest absolute Gasteiger partial charge is 0.449 e. The summed E-state index contributed by atoms with van der Waals surface area (Å²) in [6, 6.07) is 19.9. The molecule has 0 radical (unpaired) electrons. The van der Waals surface area contributed by atoms with E-state index in [1.54, 1.807) is 12.5 Å². The highest BCUT2D eigenvalue weighted by Crippen LogP contribution is 2.38. The fraction of sp³-hybridized carbons (Fsp3) is 0.176. The van der Waals surface area contributed by atoms with Gasteiger partial charge >= 0.3 is 5.79 Å². The van der Waals surface area contributed by atoms with Gasteiger partial charge in [-0.05, 0) is 0 Å². The topological polar surface area (TPSA) is 18.5 Å². The maximum Gasteiger partial charge on any atom is 0.304 e. The minimum absolute atomic E-state index is 0.831. The maximum atomic E-state index is 5.71. The third kappa shape index (κ3) is 2.48. The van der Waals surface area contributed by atoms with Gasteiger partial charge in [0.05, 0.1) is 0 Å². The molecule has 1 heterocycles. The van der Waals surface area contributed by atoms with Crippen molar-refractivity contribution in [2.75, 3.05) is 0 Å². The Bertz CT molecular complexity index is 468. The van der Waals surface area contributed by atoms with Crippen LogP contribution in [-0.4, -0.2) is 0 Å². The second-order valence-corrected chi connectivity index (χ2v) is 3.86. The minimum atomic E-state index is -0.831. The van der Waals surface area contributed by atoms with E-state index in [1.807, 2.05) is 74.5 Å². The van der Waals surface area contributed by atoms with Crippen LogP contribution in [0.1, 0.15) is 25.0 Å². The fourth-order valence-corrected chi connectivity index (χ4v) is 2.03. The van der Waals surface area contributed by atoms with Gasteiger partial charge in [0.25, 0.3) is 0 Å². The quantitative estimate of drug-likeness (QED) is 0.789. The second-order valence-electron chi connectivity index (χ2n) is 3.86. The molecule has 0 bridgehead atoms. The van der Waals surface area contributed by atoms with Gasteiger partial charge in [0.15, 0.2) is 0 Å². The summed E-state index contributed by atoms with van der Waals surface area (Å²) in [5.74, 6) is -0.831. The monoisotopic (exact) mass is 254 g/mol. The van der Waals surface area contributed by atoms with Gasteiger partial charge in [-0.15, -0.1) is 0 Å². The Labute approximate surface area is 114 Å². The zero-order valence-corrected chi connectivity index (χ0v) is 11.2. The number of hydrogen-bond donors (Lipinski definition) is 0. The molecule has 2 heteroatoms. The highest BCUT2D eigenvalue weighted by molar-refractivity contribution is 5.35. The number of benzene rings is 2. The molecule has 0 saturated heterocycles. The number of rotatable bonds is 2. The van der Waals surface area contributed by atoms with Crippen LogP contribution < -0.4 is 0 Å². The predicted molar refractivity (Wildman–Crippen MR) is 76.3 cm³/mol. The molecule has 98 valence electrons. The fourth-order valence-electron chi connectivity index (χ4n) is 2.03. The van der Waals surface area contributed by atoms with Crippen LogP contribution in [0.2, 0.25) is 0 Å². The summed E-state index contributed by atoms with van der Waals surface area (Å²) in [5, 5.41) is 0. The van der Waals surface area contributed by atoms with Crippen molar-refractivity contribution in [2.24, 2.45) is 0 Å². The molecule has 0 atom stereocenters. The van der Waals surface area contributed by atoms with Crippen molar-refractivity contribution in [3.8, 4) is 0 Å². The molecule has 0 saturated carbocycles. The van der Waals surface area contributed by atoms with Crippen molar-refractivity contribution in [3.05, 3.63) is 84.3 Å². The van der Waals surface area contributed by atoms with Crippen LogP contribution in [0.25, 0.3) is 0 Å². The van der Waals surface area contributed by atoms with Crippen molar-refractivity contribution < 1.29 is 9.47 Å². The molecule has 0 aliphatic carbocycles. The van der Waals surface area contributed by atoms with Gasteiger partial charge in [-0.2, -0.15) is 0 Å². The highest BCUT2D eigenvalue weighted by Gasteiger charge is 2.39. The van der Waals surface area contributed by atoms with Gasteiger partial charge in [0, 0.05) is 11.1 Å². The first-order valence-corrected chi connectivity index (χ1v) is 6.53. The summed E-state index contributed by atoms with van der Waals surface area (Å²) in [6.07, 6.45) is 3.17. The first kappa shape index (κ1) is 13.2. The Kier molecular flexibility index (Phi) is 4.24. The smallest absolute Gasteiger partial charge is 0.304 e. The van der Waals surface area contributed by atoms with Crippen LogP contribution in [-0.2, 0) is 15.3 Å². The van der Waals surface area contributed by atoms with Crippen molar-refractivity contribution >= 4 is 0 Å². The molecule has 0 N–H and O–H groups in total. The van der Waals surface area contributed by atoms with Gasteiger partial charge in [-0.25, -0.2) is 0 Å². The summed E-state index contributed by atoms with van der Waals surface area (Å²) in [5.41, 5.74) is 1.97. The van der Waals surface area contributed by atoms with Crippen LogP contribution in [0.4, 0.5) is 0 Å². The van der Waals surface area contributed by atoms with Crippen LogP contribution in [0.5, 0.6) is 0 Å². The standard InChI is InChI=1S/C15H12O2.C2H6/c1-3-7-13(8-4-1)15(16-11-12-17-15)14-9-5-2-6-10-14;1-2/h1-12H;1-2H3. The minimum Gasteiger partial charge on any atom is -0.449 e. The lowest BCUT2D eigenvalue weighted by atomic mass is 9.97. The Balaban J connectivity index is 0.000000637. The molecular weight excluding hydrogens is 236 g/mol. The van der Waals surface area contributed by atoms with Crippen LogP contribution >= 0.6 is 0 Å². The molecule has 2 aromatic rings. The third-order valence-corrected chi connectivity index (χ3v) is 2.83. The van der Waals surface area contributed by atoms with Gasteiger partial charge in [0.1, 0.15) is 12.5 Å². The Hall–Kier alpha value is -2.22. The predicted octanol–water partition coefficient (Wildman–Crippen LogP) is 4.43. The Morgan fingerprint density at radius 3 is 1.37 bits per heavy atom. The van der Waals surface area contributed by atoms with Gasteiger partial charge in [-0.1, -0.05) is 74.5 Å². The molecule has 3 rings (SSSR count). The summed E-state index contributed by atoms with van der Waals surface area (Å²) < 4.78 is 11.4. The number of hydrogen-bond acceptors (Lipinski definition) is 2. The molecule has 0 fully saturated rings. The lowest BCUT2D eigenvalue weighted by molar-refractivity contribution is -0.112. The summed E-state index contributed by atoms with van der Waals surface area (Å²) in [7, 11) is 0. The molecule has 2 nitrogen and oxygen atoms in total. The molecule has 0 aromatic heterocycles. The van der Waals surface area contributed by atoms with E-state index in [2.05, 4.69) is 0 Å². The third-order valence-electron chi connectivity index (χ3n) is 2.83. The summed E-state index contributed by atoms with van der Waals surface area (Å²) in [6.45, 7) is 4.00. The normalized spacial score (nSPS) is 14.8. The van der Waals surface area contributed by atoms with E-state index in [1.165, 1.54) is 0 Å². The van der Waals surface area contributed by atoms with Crippen molar-refractivity contribution in [1.29, 1.82) is 0 Å². The van der Waals surface area contributed by atoms with E-state index < -0.39 is 5.79 Å². The first-order chi connectivity index (χ1) is 9.42. The highest BCUT2D eigenvalue weighted by atomic mass is 16.7.